The maximum absolute atomic E-state index is 13.1. The fraction of sp³-hybridized carbons (Fsp3) is 0.536. The molecule has 0 spiro atoms. The van der Waals surface area contributed by atoms with Crippen LogP contribution in [0.3, 0.4) is 0 Å². The summed E-state index contributed by atoms with van der Waals surface area (Å²) in [5.74, 6) is -1.62. The van der Waals surface area contributed by atoms with Crippen molar-refractivity contribution >= 4 is 17.5 Å². The monoisotopic (exact) mass is 501 g/mol. The van der Waals surface area contributed by atoms with Gasteiger partial charge in [0.2, 0.25) is 11.6 Å². The van der Waals surface area contributed by atoms with Crippen molar-refractivity contribution in [1.82, 2.24) is 5.32 Å². The lowest BCUT2D eigenvalue weighted by Gasteiger charge is -2.27. The second kappa shape index (κ2) is 13.5. The van der Waals surface area contributed by atoms with Crippen molar-refractivity contribution in [2.24, 2.45) is 11.8 Å². The molecule has 0 aromatic rings. The summed E-state index contributed by atoms with van der Waals surface area (Å²) in [6.45, 7) is 7.60. The zero-order valence-electron chi connectivity index (χ0n) is 22.3. The van der Waals surface area contributed by atoms with Gasteiger partial charge in [-0.15, -0.1) is 0 Å². The third-order valence-corrected chi connectivity index (χ3v) is 6.90. The number of amides is 1. The van der Waals surface area contributed by atoms with Crippen LogP contribution in [0.15, 0.2) is 58.6 Å². The number of nitrogens with one attached hydrogen (secondary N) is 1. The maximum Gasteiger partial charge on any atom is 0.251 e. The number of ketones is 2. The smallest absolute Gasteiger partial charge is 0.251 e. The Kier molecular flexibility index (Phi) is 11.0. The maximum atomic E-state index is 13.1. The molecule has 0 fully saturated rings. The second-order valence-electron chi connectivity index (χ2n) is 9.37. The van der Waals surface area contributed by atoms with E-state index in [9.17, 15) is 19.5 Å². The number of rotatable bonds is 3. The number of ether oxygens (including phenoxy) is 3. The van der Waals surface area contributed by atoms with E-state index >= 15 is 0 Å². The number of Topliss-reactive ketones (excluding diaryl/α,β-unsaturated/α-hetero) is 1. The summed E-state index contributed by atoms with van der Waals surface area (Å²) in [6, 6.07) is 0. The molecule has 0 saturated carbocycles. The molecule has 8 heteroatoms. The van der Waals surface area contributed by atoms with E-state index in [1.54, 1.807) is 33.3 Å². The van der Waals surface area contributed by atoms with E-state index in [2.05, 4.69) is 5.32 Å². The highest BCUT2D eigenvalue weighted by molar-refractivity contribution is 6.23. The summed E-state index contributed by atoms with van der Waals surface area (Å²) in [5.41, 5.74) is 1.53. The van der Waals surface area contributed by atoms with Crippen molar-refractivity contribution in [1.29, 1.82) is 0 Å². The minimum atomic E-state index is -0.768. The highest BCUT2D eigenvalue weighted by Gasteiger charge is 2.31. The molecule has 2 bridgehead atoms. The number of methoxy groups -OCH3 is 3. The first kappa shape index (κ1) is 29.4. The molecule has 0 radical (unpaired) electrons. The molecule has 5 atom stereocenters. The molecule has 0 saturated heterocycles. The molecular weight excluding hydrogens is 462 g/mol. The van der Waals surface area contributed by atoms with Crippen LogP contribution in [0.25, 0.3) is 0 Å². The van der Waals surface area contributed by atoms with Gasteiger partial charge in [-0.25, -0.2) is 0 Å². The van der Waals surface area contributed by atoms with Gasteiger partial charge in [0, 0.05) is 43.3 Å². The van der Waals surface area contributed by atoms with Crippen molar-refractivity contribution in [3.05, 3.63) is 58.6 Å². The summed E-state index contributed by atoms with van der Waals surface area (Å²) in [4.78, 5) is 38.5. The molecule has 2 aliphatic rings. The summed E-state index contributed by atoms with van der Waals surface area (Å²) in [5, 5.41) is 13.6. The van der Waals surface area contributed by atoms with Gasteiger partial charge >= 0.3 is 0 Å². The zero-order chi connectivity index (χ0) is 27.0. The summed E-state index contributed by atoms with van der Waals surface area (Å²) in [7, 11) is 4.50. The number of aliphatic hydroxyl groups excluding tert-OH is 1. The first-order chi connectivity index (χ1) is 17.0. The van der Waals surface area contributed by atoms with Gasteiger partial charge < -0.3 is 24.6 Å². The normalized spacial score (nSPS) is 33.2. The minimum Gasteiger partial charge on any atom is -0.492 e. The lowest BCUT2D eigenvalue weighted by Crippen LogP contribution is -2.34. The Morgan fingerprint density at radius 2 is 1.75 bits per heavy atom. The molecule has 1 amide bonds. The van der Waals surface area contributed by atoms with E-state index in [1.165, 1.54) is 7.11 Å². The largest absolute Gasteiger partial charge is 0.492 e. The van der Waals surface area contributed by atoms with Crippen LogP contribution in [0.1, 0.15) is 47.0 Å². The predicted molar refractivity (Wildman–Crippen MR) is 137 cm³/mol. The van der Waals surface area contributed by atoms with E-state index in [1.807, 2.05) is 32.9 Å². The van der Waals surface area contributed by atoms with Crippen LogP contribution < -0.4 is 5.32 Å². The quantitative estimate of drug-likeness (QED) is 0.451. The third-order valence-electron chi connectivity index (χ3n) is 6.90. The van der Waals surface area contributed by atoms with Gasteiger partial charge in [-0.3, -0.25) is 14.4 Å². The molecule has 2 N–H and O–H groups in total. The lowest BCUT2D eigenvalue weighted by atomic mass is 9.88. The summed E-state index contributed by atoms with van der Waals surface area (Å²) in [6.07, 6.45) is 8.01. The zero-order valence-corrected chi connectivity index (χ0v) is 22.3. The first-order valence-corrected chi connectivity index (χ1v) is 12.2. The van der Waals surface area contributed by atoms with Crippen molar-refractivity contribution < 1.29 is 33.7 Å². The number of carbonyl (C=O) groups is 3. The average molecular weight is 502 g/mol. The highest BCUT2D eigenvalue weighted by Crippen LogP contribution is 2.27. The van der Waals surface area contributed by atoms with Crippen LogP contribution in [-0.2, 0) is 28.6 Å². The molecular formula is C28H39NO7. The fourth-order valence-electron chi connectivity index (χ4n) is 4.45. The number of fused-ring (bicyclic) bond motifs is 2. The Hall–Kier alpha value is -2.81. The van der Waals surface area contributed by atoms with Crippen molar-refractivity contribution in [3.8, 4) is 0 Å². The van der Waals surface area contributed by atoms with Gasteiger partial charge in [-0.05, 0) is 33.1 Å². The lowest BCUT2D eigenvalue weighted by molar-refractivity contribution is -0.120. The van der Waals surface area contributed by atoms with E-state index in [4.69, 9.17) is 14.2 Å². The Morgan fingerprint density at radius 1 is 1.06 bits per heavy atom. The molecule has 198 valence electrons. The standard InChI is InChI=1S/C28H39NO7/c1-16-10-8-12-23(34-5)19(4)17(2)14-18(3)25(31)24(35-6)13-9-11-20-26(32)21(29-28(16)33)15-22(30)27(20)36-7/h8,10,12,14-15,18-19,23-25,31H,9,11,13H2,1-7H3,(H,29,33)/b12-8-,16-10+,17-14+. The number of allylic oxidation sites excluding steroid dienone is 4. The number of hydrogen-bond donors (Lipinski definition) is 2. The van der Waals surface area contributed by atoms with E-state index in [-0.39, 0.29) is 41.4 Å². The highest BCUT2D eigenvalue weighted by atomic mass is 16.5. The van der Waals surface area contributed by atoms with Crippen molar-refractivity contribution in [2.45, 2.75) is 65.3 Å². The molecule has 1 aliphatic heterocycles. The van der Waals surface area contributed by atoms with Crippen LogP contribution in [0, 0.1) is 11.8 Å². The number of aliphatic hydroxyl groups is 1. The second-order valence-corrected chi connectivity index (χ2v) is 9.37. The molecule has 1 heterocycles. The van der Waals surface area contributed by atoms with Crippen molar-refractivity contribution in [2.75, 3.05) is 21.3 Å². The molecule has 0 aromatic heterocycles. The van der Waals surface area contributed by atoms with Gasteiger partial charge in [0.25, 0.3) is 5.91 Å². The Morgan fingerprint density at radius 3 is 2.36 bits per heavy atom. The summed E-state index contributed by atoms with van der Waals surface area (Å²) < 4.78 is 16.4. The molecule has 0 aromatic carbocycles. The van der Waals surface area contributed by atoms with E-state index in [0.29, 0.717) is 18.4 Å². The minimum absolute atomic E-state index is 0.0268. The van der Waals surface area contributed by atoms with Gasteiger partial charge in [-0.1, -0.05) is 43.7 Å². The topological polar surface area (TPSA) is 111 Å². The fourth-order valence-corrected chi connectivity index (χ4v) is 4.45. The molecule has 5 unspecified atom stereocenters. The Bertz CT molecular complexity index is 1000. The van der Waals surface area contributed by atoms with Crippen LogP contribution >= 0.6 is 0 Å². The molecule has 1 aliphatic carbocycles. The van der Waals surface area contributed by atoms with Gasteiger partial charge in [0.1, 0.15) is 0 Å². The number of carbonyl (C=O) groups excluding carboxylic acids is 3. The van der Waals surface area contributed by atoms with Crippen LogP contribution in [-0.4, -0.2) is 62.2 Å². The van der Waals surface area contributed by atoms with Gasteiger partial charge in [-0.2, -0.15) is 0 Å². The summed E-state index contributed by atoms with van der Waals surface area (Å²) >= 11 is 0. The Labute approximate surface area is 213 Å². The SMILES string of the molecule is COC1=C2CCCC(OC)C(O)C(C)/C=C(\C)C(C)C(OC)/C=C\C=C(/C)C(=O)NC(=CC1=O)C2=O. The van der Waals surface area contributed by atoms with E-state index < -0.39 is 29.7 Å². The number of hydrogen-bond acceptors (Lipinski definition) is 7. The van der Waals surface area contributed by atoms with Crippen molar-refractivity contribution in [3.63, 3.8) is 0 Å². The average Bonchev–Trinajstić information content (AvgIpc) is 2.85. The first-order valence-electron chi connectivity index (χ1n) is 12.2. The molecule has 36 heavy (non-hydrogen) atoms. The molecule has 8 nitrogen and oxygen atoms in total. The Balaban J connectivity index is 2.48. The van der Waals surface area contributed by atoms with Gasteiger partial charge in [0.05, 0.1) is 31.1 Å². The van der Waals surface area contributed by atoms with E-state index in [0.717, 1.165) is 11.6 Å². The van der Waals surface area contributed by atoms with Crippen LogP contribution in [0.2, 0.25) is 0 Å². The van der Waals surface area contributed by atoms with Gasteiger partial charge in [0.15, 0.2) is 5.76 Å². The predicted octanol–water partition coefficient (Wildman–Crippen LogP) is 3.33. The third kappa shape index (κ3) is 7.12. The van der Waals surface area contributed by atoms with Crippen LogP contribution in [0.4, 0.5) is 0 Å². The van der Waals surface area contributed by atoms with Crippen LogP contribution in [0.5, 0.6) is 0 Å². The molecule has 2 rings (SSSR count).